The summed E-state index contributed by atoms with van der Waals surface area (Å²) in [6, 6.07) is 4.97. The number of aromatic nitrogens is 1. The highest BCUT2D eigenvalue weighted by Gasteiger charge is 2.16. The van der Waals surface area contributed by atoms with Crippen molar-refractivity contribution >= 4 is 32.4 Å². The lowest BCUT2D eigenvalue weighted by atomic mass is 10.1. The molecule has 1 aliphatic rings. The van der Waals surface area contributed by atoms with E-state index in [4.69, 9.17) is 4.74 Å². The number of hydrogen-bond acceptors (Lipinski definition) is 7. The maximum absolute atomic E-state index is 12.4. The van der Waals surface area contributed by atoms with Crippen LogP contribution in [0.1, 0.15) is 23.2 Å². The molecule has 0 atom stereocenters. The first-order valence-electron chi connectivity index (χ1n) is 9.45. The summed E-state index contributed by atoms with van der Waals surface area (Å²) in [4.78, 5) is 19.0. The van der Waals surface area contributed by atoms with Crippen molar-refractivity contribution in [2.24, 2.45) is 0 Å². The van der Waals surface area contributed by atoms with Crippen LogP contribution in [0.25, 0.3) is 0 Å². The van der Waals surface area contributed by atoms with Crippen LogP contribution in [0.5, 0.6) is 0 Å². The molecular weight excluding hydrogens is 412 g/mol. The molecule has 1 aromatic carbocycles. The summed E-state index contributed by atoms with van der Waals surface area (Å²) < 4.78 is 32.5. The molecule has 2 N–H and O–H groups in total. The summed E-state index contributed by atoms with van der Waals surface area (Å²) in [6.45, 7) is 7.74. The smallest absolute Gasteiger partial charge is 0.240 e. The number of hydrogen-bond donors (Lipinski definition) is 2. The largest absolute Gasteiger partial charge is 0.379 e. The van der Waals surface area contributed by atoms with Crippen molar-refractivity contribution in [1.29, 1.82) is 0 Å². The fraction of sp³-hybridized carbons (Fsp3) is 0.474. The van der Waals surface area contributed by atoms with Gasteiger partial charge >= 0.3 is 0 Å². The van der Waals surface area contributed by atoms with Crippen LogP contribution in [0, 0.1) is 13.8 Å². The quantitative estimate of drug-likeness (QED) is 0.653. The first-order valence-corrected chi connectivity index (χ1v) is 11.8. The molecule has 1 aliphatic heterocycles. The molecule has 158 valence electrons. The van der Waals surface area contributed by atoms with Gasteiger partial charge in [0.25, 0.3) is 0 Å². The third-order valence-corrected chi connectivity index (χ3v) is 6.99. The number of ether oxygens (including phenoxy) is 1. The van der Waals surface area contributed by atoms with E-state index in [-0.39, 0.29) is 23.8 Å². The molecule has 2 aromatic rings. The summed E-state index contributed by atoms with van der Waals surface area (Å²) in [5.41, 5.74) is 2.84. The fourth-order valence-electron chi connectivity index (χ4n) is 2.87. The summed E-state index contributed by atoms with van der Waals surface area (Å²) in [6.07, 6.45) is 0.0302. The van der Waals surface area contributed by atoms with Gasteiger partial charge < -0.3 is 10.1 Å². The highest BCUT2D eigenvalue weighted by atomic mass is 32.2. The Morgan fingerprint density at radius 3 is 2.72 bits per heavy atom. The molecule has 29 heavy (non-hydrogen) atoms. The molecule has 10 heteroatoms. The van der Waals surface area contributed by atoms with Gasteiger partial charge in [0.15, 0.2) is 5.13 Å². The lowest BCUT2D eigenvalue weighted by Gasteiger charge is -2.25. The van der Waals surface area contributed by atoms with Gasteiger partial charge in [0.05, 0.1) is 23.8 Å². The van der Waals surface area contributed by atoms with E-state index in [1.165, 1.54) is 11.3 Å². The molecule has 0 unspecified atom stereocenters. The van der Waals surface area contributed by atoms with E-state index in [2.05, 4.69) is 19.9 Å². The second-order valence-electron chi connectivity index (χ2n) is 6.97. The Hall–Kier alpha value is -1.85. The standard InChI is InChI=1S/C19H26N4O4S2/c1-14-3-4-17(11-15(14)2)29(25,26)20-6-5-18(24)22-19-21-16(13-28-19)12-23-7-9-27-10-8-23/h3-4,11,13,20H,5-10,12H2,1-2H3,(H,21,22,24). The highest BCUT2D eigenvalue weighted by molar-refractivity contribution is 7.89. The molecule has 3 rings (SSSR count). The Morgan fingerprint density at radius 2 is 2.00 bits per heavy atom. The van der Waals surface area contributed by atoms with Gasteiger partial charge in [0.1, 0.15) is 0 Å². The molecule has 1 aromatic heterocycles. The Labute approximate surface area is 175 Å². The summed E-state index contributed by atoms with van der Waals surface area (Å²) in [5.74, 6) is -0.278. The van der Waals surface area contributed by atoms with Gasteiger partial charge in [-0.15, -0.1) is 11.3 Å². The summed E-state index contributed by atoms with van der Waals surface area (Å²) in [5, 5.41) is 5.18. The third-order valence-electron chi connectivity index (χ3n) is 4.72. The Kier molecular flexibility index (Phi) is 7.36. The molecule has 0 radical (unpaired) electrons. The van der Waals surface area contributed by atoms with Crippen LogP contribution in [0.4, 0.5) is 5.13 Å². The van der Waals surface area contributed by atoms with E-state index in [0.29, 0.717) is 5.13 Å². The second kappa shape index (κ2) is 9.77. The van der Waals surface area contributed by atoms with Crippen LogP contribution in [0.15, 0.2) is 28.5 Å². The first-order chi connectivity index (χ1) is 13.8. The van der Waals surface area contributed by atoms with Crippen LogP contribution in [0.2, 0.25) is 0 Å². The Morgan fingerprint density at radius 1 is 1.24 bits per heavy atom. The number of rotatable bonds is 8. The molecule has 0 bridgehead atoms. The van der Waals surface area contributed by atoms with Gasteiger partial charge in [-0.25, -0.2) is 18.1 Å². The van der Waals surface area contributed by atoms with Crippen molar-refractivity contribution in [3.63, 3.8) is 0 Å². The number of nitrogens with one attached hydrogen (secondary N) is 2. The molecule has 0 saturated carbocycles. The topological polar surface area (TPSA) is 101 Å². The molecule has 1 amide bonds. The van der Waals surface area contributed by atoms with Crippen molar-refractivity contribution in [2.45, 2.75) is 31.7 Å². The minimum atomic E-state index is -3.64. The van der Waals surface area contributed by atoms with E-state index in [0.717, 1.165) is 49.7 Å². The van der Waals surface area contributed by atoms with Crippen molar-refractivity contribution in [2.75, 3.05) is 38.2 Å². The molecule has 0 spiro atoms. The zero-order valence-electron chi connectivity index (χ0n) is 16.6. The monoisotopic (exact) mass is 438 g/mol. The van der Waals surface area contributed by atoms with Crippen molar-refractivity contribution < 1.29 is 17.9 Å². The Bertz CT molecular complexity index is 953. The van der Waals surface area contributed by atoms with Gasteiger partial charge in [-0.2, -0.15) is 0 Å². The third kappa shape index (κ3) is 6.31. The first kappa shape index (κ1) is 21.8. The normalized spacial score (nSPS) is 15.4. The summed E-state index contributed by atoms with van der Waals surface area (Å²) >= 11 is 1.37. The van der Waals surface area contributed by atoms with Crippen LogP contribution < -0.4 is 10.0 Å². The SMILES string of the molecule is Cc1ccc(S(=O)(=O)NCCC(=O)Nc2nc(CN3CCOCC3)cs2)cc1C. The zero-order valence-corrected chi connectivity index (χ0v) is 18.2. The zero-order chi connectivity index (χ0) is 20.9. The Balaban J connectivity index is 1.45. The number of carbonyl (C=O) groups excluding carboxylic acids is 1. The lowest BCUT2D eigenvalue weighted by Crippen LogP contribution is -2.35. The number of carbonyl (C=O) groups is 1. The van der Waals surface area contributed by atoms with Crippen LogP contribution >= 0.6 is 11.3 Å². The maximum atomic E-state index is 12.4. The lowest BCUT2D eigenvalue weighted by molar-refractivity contribution is -0.116. The van der Waals surface area contributed by atoms with Gasteiger partial charge in [-0.3, -0.25) is 9.69 Å². The van der Waals surface area contributed by atoms with E-state index >= 15 is 0 Å². The number of thiazole rings is 1. The fourth-order valence-corrected chi connectivity index (χ4v) is 4.70. The van der Waals surface area contributed by atoms with Gasteiger partial charge in [0.2, 0.25) is 15.9 Å². The van der Waals surface area contributed by atoms with Crippen molar-refractivity contribution in [3.05, 3.63) is 40.4 Å². The highest BCUT2D eigenvalue weighted by Crippen LogP contribution is 2.18. The van der Waals surface area contributed by atoms with E-state index in [9.17, 15) is 13.2 Å². The number of morpholine rings is 1. The van der Waals surface area contributed by atoms with E-state index in [1.807, 2.05) is 19.2 Å². The predicted octanol–water partition coefficient (Wildman–Crippen LogP) is 1.90. The minimum absolute atomic E-state index is 0.0209. The van der Waals surface area contributed by atoms with Gasteiger partial charge in [0, 0.05) is 38.0 Å². The van der Waals surface area contributed by atoms with Crippen LogP contribution in [-0.2, 0) is 26.1 Å². The maximum Gasteiger partial charge on any atom is 0.240 e. The average molecular weight is 439 g/mol. The second-order valence-corrected chi connectivity index (χ2v) is 9.60. The number of aryl methyl sites for hydroxylation is 2. The van der Waals surface area contributed by atoms with Gasteiger partial charge in [-0.05, 0) is 37.1 Å². The van der Waals surface area contributed by atoms with Gasteiger partial charge in [-0.1, -0.05) is 6.07 Å². The molecule has 2 heterocycles. The molecule has 0 aliphatic carbocycles. The predicted molar refractivity (Wildman–Crippen MR) is 113 cm³/mol. The van der Waals surface area contributed by atoms with Crippen molar-refractivity contribution in [1.82, 2.24) is 14.6 Å². The molecular formula is C19H26N4O4S2. The van der Waals surface area contributed by atoms with Crippen LogP contribution in [0.3, 0.4) is 0 Å². The molecule has 1 saturated heterocycles. The number of nitrogens with zero attached hydrogens (tertiary/aromatic N) is 2. The summed E-state index contributed by atoms with van der Waals surface area (Å²) in [7, 11) is -3.64. The average Bonchev–Trinajstić information content (AvgIpc) is 3.11. The minimum Gasteiger partial charge on any atom is -0.379 e. The van der Waals surface area contributed by atoms with Crippen molar-refractivity contribution in [3.8, 4) is 0 Å². The number of benzene rings is 1. The molecule has 1 fully saturated rings. The number of sulfonamides is 1. The number of amides is 1. The number of anilines is 1. The molecule has 8 nitrogen and oxygen atoms in total. The van der Waals surface area contributed by atoms with E-state index < -0.39 is 10.0 Å². The van der Waals surface area contributed by atoms with E-state index in [1.54, 1.807) is 18.2 Å². The van der Waals surface area contributed by atoms with Crippen LogP contribution in [-0.4, -0.2) is 57.1 Å².